The number of likely N-dealkylation sites (N-methyl/N-ethyl adjacent to an activating group) is 1. The highest BCUT2D eigenvalue weighted by molar-refractivity contribution is 5.77. The third-order valence-electron chi connectivity index (χ3n) is 5.26. The van der Waals surface area contributed by atoms with E-state index < -0.39 is 0 Å². The Morgan fingerprint density at radius 2 is 1.62 bits per heavy atom. The highest BCUT2D eigenvalue weighted by atomic mass is 79.9. The summed E-state index contributed by atoms with van der Waals surface area (Å²) in [6.45, 7) is 17.1. The minimum absolute atomic E-state index is 0. The summed E-state index contributed by atoms with van der Waals surface area (Å²) in [7, 11) is 4.29. The van der Waals surface area contributed by atoms with Crippen LogP contribution in [-0.4, -0.2) is 61.2 Å². The summed E-state index contributed by atoms with van der Waals surface area (Å²) in [6.07, 6.45) is 2.05. The van der Waals surface area contributed by atoms with Gasteiger partial charge in [0.05, 0.1) is 27.2 Å². The van der Waals surface area contributed by atoms with Crippen LogP contribution in [0.15, 0.2) is 18.2 Å². The van der Waals surface area contributed by atoms with Gasteiger partial charge < -0.3 is 31.1 Å². The minimum atomic E-state index is 0. The van der Waals surface area contributed by atoms with E-state index in [0.717, 1.165) is 36.2 Å². The van der Waals surface area contributed by atoms with Crippen molar-refractivity contribution in [1.82, 2.24) is 4.90 Å². The predicted molar refractivity (Wildman–Crippen MR) is 119 cm³/mol. The Kier molecular flexibility index (Phi) is 12.1. The maximum Gasteiger partial charge on any atom is 0.278 e. The molecule has 0 aliphatic rings. The average molecular weight is 472 g/mol. The number of carbonyl (C=O) groups is 1. The van der Waals surface area contributed by atoms with Crippen molar-refractivity contribution >= 4 is 5.91 Å². The molecule has 0 bridgehead atoms. The van der Waals surface area contributed by atoms with Crippen LogP contribution in [-0.2, 0) is 4.79 Å². The lowest BCUT2D eigenvalue weighted by atomic mass is 10.0. The first-order valence-electron chi connectivity index (χ1n) is 10.8. The van der Waals surface area contributed by atoms with Gasteiger partial charge in [0, 0.05) is 12.1 Å². The monoisotopic (exact) mass is 470 g/mol. The molecule has 0 saturated heterocycles. The molecule has 1 amide bonds. The largest absolute Gasteiger partial charge is 1.00 e. The molecule has 0 unspecified atom stereocenters. The molecule has 5 heteroatoms. The predicted octanol–water partition coefficient (Wildman–Crippen LogP) is 2.00. The molecule has 1 aromatic rings. The second kappa shape index (κ2) is 12.6. The zero-order valence-corrected chi connectivity index (χ0v) is 21.7. The van der Waals surface area contributed by atoms with Crippen molar-refractivity contribution in [2.45, 2.75) is 79.3 Å². The summed E-state index contributed by atoms with van der Waals surface area (Å²) in [6, 6.07) is 6.98. The van der Waals surface area contributed by atoms with Gasteiger partial charge in [-0.05, 0) is 70.6 Å². The van der Waals surface area contributed by atoms with Crippen LogP contribution >= 0.6 is 0 Å². The van der Waals surface area contributed by atoms with E-state index in [1.165, 1.54) is 11.1 Å². The lowest BCUT2D eigenvalue weighted by molar-refractivity contribution is -0.883. The van der Waals surface area contributed by atoms with Gasteiger partial charge in [-0.1, -0.05) is 26.0 Å². The summed E-state index contributed by atoms with van der Waals surface area (Å²) in [4.78, 5) is 14.7. The highest BCUT2D eigenvalue weighted by Gasteiger charge is 2.27. The summed E-state index contributed by atoms with van der Waals surface area (Å²) in [5, 5.41) is 0. The maximum absolute atomic E-state index is 12.7. The molecule has 0 saturated carbocycles. The molecule has 29 heavy (non-hydrogen) atoms. The molecule has 0 aliphatic carbocycles. The molecule has 0 spiro atoms. The average Bonchev–Trinajstić information content (AvgIpc) is 2.54. The van der Waals surface area contributed by atoms with Crippen molar-refractivity contribution in [3.63, 3.8) is 0 Å². The Labute approximate surface area is 190 Å². The van der Waals surface area contributed by atoms with Crippen LogP contribution in [0.1, 0.15) is 71.4 Å². The number of hydrogen-bond acceptors (Lipinski definition) is 2. The molecule has 1 aromatic carbocycles. The Hall–Kier alpha value is -1.07. The fourth-order valence-corrected chi connectivity index (χ4v) is 3.65. The van der Waals surface area contributed by atoms with E-state index in [-0.39, 0.29) is 35.0 Å². The number of rotatable bonds is 11. The number of hydrogen-bond donors (Lipinski definition) is 0. The van der Waals surface area contributed by atoms with E-state index in [9.17, 15) is 4.79 Å². The molecule has 0 fully saturated rings. The molecule has 0 radical (unpaired) electrons. The summed E-state index contributed by atoms with van der Waals surface area (Å²) < 4.78 is 6.76. The molecular formula is C24H43BrN2O2. The molecule has 1 rings (SSSR count). The third-order valence-corrected chi connectivity index (χ3v) is 5.26. The number of ether oxygens (including phenoxy) is 1. The molecular weight excluding hydrogens is 428 g/mol. The summed E-state index contributed by atoms with van der Waals surface area (Å²) >= 11 is 0. The lowest BCUT2D eigenvalue weighted by Crippen LogP contribution is -3.00. The molecule has 0 aromatic heterocycles. The number of carbonyl (C=O) groups excluding carboxylic acids is 1. The number of nitrogens with zero attached hydrogens (tertiary/aromatic N) is 2. The molecule has 0 heterocycles. The van der Waals surface area contributed by atoms with Gasteiger partial charge in [-0.3, -0.25) is 4.79 Å². The van der Waals surface area contributed by atoms with Crippen LogP contribution in [0.25, 0.3) is 0 Å². The maximum atomic E-state index is 12.7. The second-order valence-corrected chi connectivity index (χ2v) is 9.54. The minimum Gasteiger partial charge on any atom is -1.00 e. The summed E-state index contributed by atoms with van der Waals surface area (Å²) in [5.74, 6) is 1.75. The third kappa shape index (κ3) is 9.52. The van der Waals surface area contributed by atoms with Crippen molar-refractivity contribution in [2.75, 3.05) is 33.8 Å². The first-order valence-corrected chi connectivity index (χ1v) is 10.8. The van der Waals surface area contributed by atoms with Gasteiger partial charge in [0.2, 0.25) is 0 Å². The van der Waals surface area contributed by atoms with Crippen LogP contribution in [0, 0.1) is 6.92 Å². The van der Waals surface area contributed by atoms with Gasteiger partial charge in [0.1, 0.15) is 5.75 Å². The molecule has 4 nitrogen and oxygen atoms in total. The summed E-state index contributed by atoms with van der Waals surface area (Å²) in [5.41, 5.74) is 2.50. The Morgan fingerprint density at radius 3 is 2.14 bits per heavy atom. The van der Waals surface area contributed by atoms with E-state index in [1.807, 2.05) is 4.90 Å². The standard InChI is InChI=1S/C24H43N2O2.BrH/c1-18(2)22-13-12-21(7)23(16-22)28-15-11-10-14-26(8,9)17-24(27)25(19(3)4)20(5)6;/h12-13,16,18-20H,10-11,14-15,17H2,1-9H3;1H/q+1;/p-1. The normalized spacial score (nSPS) is 11.7. The zero-order valence-electron chi connectivity index (χ0n) is 20.1. The SMILES string of the molecule is Cc1ccc(C(C)C)cc1OCCCC[N+](C)(C)CC(=O)N(C(C)C)C(C)C.[Br-]. The van der Waals surface area contributed by atoms with Gasteiger partial charge >= 0.3 is 0 Å². The van der Waals surface area contributed by atoms with Crippen LogP contribution in [0.4, 0.5) is 0 Å². The van der Waals surface area contributed by atoms with Crippen LogP contribution in [0.2, 0.25) is 0 Å². The number of benzene rings is 1. The van der Waals surface area contributed by atoms with Crippen LogP contribution < -0.4 is 21.7 Å². The second-order valence-electron chi connectivity index (χ2n) is 9.54. The van der Waals surface area contributed by atoms with Crippen LogP contribution in [0.5, 0.6) is 5.75 Å². The highest BCUT2D eigenvalue weighted by Crippen LogP contribution is 2.24. The Morgan fingerprint density at radius 1 is 1.03 bits per heavy atom. The van der Waals surface area contributed by atoms with E-state index in [4.69, 9.17) is 4.74 Å². The fraction of sp³-hybridized carbons (Fsp3) is 0.708. The molecule has 0 aliphatic heterocycles. The first-order chi connectivity index (χ1) is 12.9. The smallest absolute Gasteiger partial charge is 0.278 e. The number of quaternary nitrogens is 1. The number of halogens is 1. The number of unbranched alkanes of at least 4 members (excludes halogenated alkanes) is 1. The Balaban J connectivity index is 0.00000784. The van der Waals surface area contributed by atoms with Crippen molar-refractivity contribution in [2.24, 2.45) is 0 Å². The topological polar surface area (TPSA) is 29.5 Å². The number of amides is 1. The zero-order chi connectivity index (χ0) is 21.5. The van der Waals surface area contributed by atoms with E-state index in [1.54, 1.807) is 0 Å². The van der Waals surface area contributed by atoms with Gasteiger partial charge in [-0.2, -0.15) is 0 Å². The van der Waals surface area contributed by atoms with E-state index >= 15 is 0 Å². The fourth-order valence-electron chi connectivity index (χ4n) is 3.65. The van der Waals surface area contributed by atoms with Crippen LogP contribution in [0.3, 0.4) is 0 Å². The van der Waals surface area contributed by atoms with Gasteiger partial charge in [-0.15, -0.1) is 0 Å². The van der Waals surface area contributed by atoms with E-state index in [0.29, 0.717) is 12.5 Å². The van der Waals surface area contributed by atoms with Crippen molar-refractivity contribution in [3.05, 3.63) is 29.3 Å². The molecule has 0 atom stereocenters. The number of aryl methyl sites for hydroxylation is 1. The van der Waals surface area contributed by atoms with Crippen molar-refractivity contribution < 1.29 is 31.0 Å². The van der Waals surface area contributed by atoms with Gasteiger partial charge in [-0.25, -0.2) is 0 Å². The van der Waals surface area contributed by atoms with Gasteiger partial charge in [0.15, 0.2) is 6.54 Å². The van der Waals surface area contributed by atoms with Crippen molar-refractivity contribution in [3.8, 4) is 5.75 Å². The molecule has 168 valence electrons. The van der Waals surface area contributed by atoms with Crippen molar-refractivity contribution in [1.29, 1.82) is 0 Å². The molecule has 0 N–H and O–H groups in total. The quantitative estimate of drug-likeness (QED) is 0.365. The van der Waals surface area contributed by atoms with Gasteiger partial charge in [0.25, 0.3) is 5.91 Å². The lowest BCUT2D eigenvalue weighted by Gasteiger charge is -2.35. The Bertz CT molecular complexity index is 619. The van der Waals surface area contributed by atoms with E-state index in [2.05, 4.69) is 80.8 Å². The first kappa shape index (κ1) is 27.9.